The average Bonchev–Trinajstić information content (AvgIpc) is 3.29. The lowest BCUT2D eigenvalue weighted by atomic mass is 10.1. The highest BCUT2D eigenvalue weighted by molar-refractivity contribution is 7.22. The molecule has 0 unspecified atom stereocenters. The number of thiazole rings is 1. The van der Waals surface area contributed by atoms with Crippen molar-refractivity contribution in [2.45, 2.75) is 20.4 Å². The molecule has 0 atom stereocenters. The molecule has 0 bridgehead atoms. The summed E-state index contributed by atoms with van der Waals surface area (Å²) in [6.07, 6.45) is 1.57. The number of fused-ring (bicyclic) bond motifs is 1. The summed E-state index contributed by atoms with van der Waals surface area (Å²) in [5.74, 6) is 0.0210. The molecule has 27 heavy (non-hydrogen) atoms. The molecule has 136 valence electrons. The van der Waals surface area contributed by atoms with Crippen molar-refractivity contribution < 1.29 is 13.6 Å². The van der Waals surface area contributed by atoms with E-state index in [2.05, 4.69) is 11.1 Å². The van der Waals surface area contributed by atoms with Crippen LogP contribution in [0.1, 0.15) is 27.2 Å². The maximum atomic E-state index is 13.3. The number of amides is 1. The molecule has 0 aliphatic carbocycles. The number of hydrogen-bond acceptors (Lipinski definition) is 4. The Morgan fingerprint density at radius 1 is 1.19 bits per heavy atom. The van der Waals surface area contributed by atoms with Crippen LogP contribution in [0.15, 0.2) is 59.2 Å². The van der Waals surface area contributed by atoms with Crippen LogP contribution in [0.4, 0.5) is 9.52 Å². The van der Waals surface area contributed by atoms with Crippen LogP contribution in [-0.2, 0) is 6.54 Å². The van der Waals surface area contributed by atoms with E-state index in [9.17, 15) is 9.18 Å². The number of carbonyl (C=O) groups excluding carboxylic acids is 1. The van der Waals surface area contributed by atoms with E-state index in [0.717, 1.165) is 21.3 Å². The zero-order valence-electron chi connectivity index (χ0n) is 14.9. The molecule has 0 spiro atoms. The minimum absolute atomic E-state index is 0.250. The first-order valence-electron chi connectivity index (χ1n) is 8.49. The molecule has 0 radical (unpaired) electrons. The van der Waals surface area contributed by atoms with Crippen molar-refractivity contribution in [2.24, 2.45) is 0 Å². The maximum Gasteiger partial charge on any atom is 0.260 e. The van der Waals surface area contributed by atoms with Crippen LogP contribution in [-0.4, -0.2) is 10.9 Å². The first kappa shape index (κ1) is 17.4. The van der Waals surface area contributed by atoms with E-state index >= 15 is 0 Å². The van der Waals surface area contributed by atoms with Gasteiger partial charge in [-0.25, -0.2) is 9.37 Å². The van der Waals surface area contributed by atoms with Gasteiger partial charge >= 0.3 is 0 Å². The quantitative estimate of drug-likeness (QED) is 0.470. The topological polar surface area (TPSA) is 46.3 Å². The van der Waals surface area contributed by atoms with E-state index in [0.29, 0.717) is 16.5 Å². The van der Waals surface area contributed by atoms with Gasteiger partial charge in [-0.1, -0.05) is 17.4 Å². The Kier molecular flexibility index (Phi) is 4.49. The van der Waals surface area contributed by atoms with Crippen LogP contribution >= 0.6 is 11.3 Å². The molecule has 4 aromatic rings. The second-order valence-electron chi connectivity index (χ2n) is 6.40. The van der Waals surface area contributed by atoms with Crippen molar-refractivity contribution in [1.29, 1.82) is 0 Å². The Morgan fingerprint density at radius 3 is 2.67 bits per heavy atom. The van der Waals surface area contributed by atoms with Gasteiger partial charge in [0.1, 0.15) is 11.6 Å². The van der Waals surface area contributed by atoms with E-state index in [1.165, 1.54) is 35.6 Å². The standard InChI is InChI=1S/C21H17FN2O2S/c1-13-10-14(2)19-18(11-13)23-21(27-19)24(12-17-4-3-9-26-17)20(25)15-5-7-16(22)8-6-15/h3-11H,12H2,1-2H3. The Morgan fingerprint density at radius 2 is 1.96 bits per heavy atom. The molecule has 2 aromatic heterocycles. The van der Waals surface area contributed by atoms with E-state index in [1.54, 1.807) is 17.2 Å². The van der Waals surface area contributed by atoms with Gasteiger partial charge in [0.15, 0.2) is 5.13 Å². The molecule has 6 heteroatoms. The van der Waals surface area contributed by atoms with Gasteiger partial charge in [0.25, 0.3) is 5.91 Å². The normalized spacial score (nSPS) is 11.1. The molecule has 4 nitrogen and oxygen atoms in total. The number of halogens is 1. The number of hydrogen-bond donors (Lipinski definition) is 0. The van der Waals surface area contributed by atoms with Crippen LogP contribution in [0.5, 0.6) is 0 Å². The molecule has 0 fully saturated rings. The number of anilines is 1. The SMILES string of the molecule is Cc1cc(C)c2sc(N(Cc3ccco3)C(=O)c3ccc(F)cc3)nc2c1. The molecule has 0 saturated heterocycles. The maximum absolute atomic E-state index is 13.3. The summed E-state index contributed by atoms with van der Waals surface area (Å²) < 4.78 is 19.7. The van der Waals surface area contributed by atoms with Crippen LogP contribution in [0.3, 0.4) is 0 Å². The molecule has 2 heterocycles. The van der Waals surface area contributed by atoms with Gasteiger partial charge in [-0.3, -0.25) is 9.69 Å². The van der Waals surface area contributed by atoms with Crippen LogP contribution in [0, 0.1) is 19.7 Å². The summed E-state index contributed by atoms with van der Waals surface area (Å²) in [7, 11) is 0. The van der Waals surface area contributed by atoms with Crippen LogP contribution in [0.2, 0.25) is 0 Å². The summed E-state index contributed by atoms with van der Waals surface area (Å²) in [6, 6.07) is 13.2. The first-order chi connectivity index (χ1) is 13.0. The fraction of sp³-hybridized carbons (Fsp3) is 0.143. The molecule has 1 amide bonds. The molecule has 4 rings (SSSR count). The highest BCUT2D eigenvalue weighted by Crippen LogP contribution is 2.33. The highest BCUT2D eigenvalue weighted by atomic mass is 32.1. The third-order valence-electron chi connectivity index (χ3n) is 4.27. The molecule has 0 aliphatic heterocycles. The smallest absolute Gasteiger partial charge is 0.260 e. The van der Waals surface area contributed by atoms with Crippen molar-refractivity contribution in [3.05, 3.63) is 83.1 Å². The number of aromatic nitrogens is 1. The van der Waals surface area contributed by atoms with Crippen LogP contribution < -0.4 is 4.90 Å². The van der Waals surface area contributed by atoms with Gasteiger partial charge in [0.2, 0.25) is 0 Å². The minimum Gasteiger partial charge on any atom is -0.467 e. The molecule has 0 N–H and O–H groups in total. The number of nitrogens with zero attached hydrogens (tertiary/aromatic N) is 2. The van der Waals surface area contributed by atoms with E-state index in [4.69, 9.17) is 4.42 Å². The molecule has 2 aromatic carbocycles. The highest BCUT2D eigenvalue weighted by Gasteiger charge is 2.23. The van der Waals surface area contributed by atoms with E-state index in [1.807, 2.05) is 26.0 Å². The lowest BCUT2D eigenvalue weighted by molar-refractivity contribution is 0.0983. The van der Waals surface area contributed by atoms with Gasteiger partial charge < -0.3 is 4.42 Å². The molecular formula is C21H17FN2O2S. The third-order valence-corrected chi connectivity index (χ3v) is 5.50. The third kappa shape index (κ3) is 3.48. The fourth-order valence-corrected chi connectivity index (χ4v) is 4.03. The predicted molar refractivity (Wildman–Crippen MR) is 105 cm³/mol. The summed E-state index contributed by atoms with van der Waals surface area (Å²) in [5.41, 5.74) is 3.51. The summed E-state index contributed by atoms with van der Waals surface area (Å²) in [6.45, 7) is 4.31. The van der Waals surface area contributed by atoms with Crippen molar-refractivity contribution >= 4 is 32.6 Å². The summed E-state index contributed by atoms with van der Waals surface area (Å²) in [4.78, 5) is 19.4. The largest absolute Gasteiger partial charge is 0.467 e. The number of aryl methyl sites for hydroxylation is 2. The van der Waals surface area contributed by atoms with Gasteiger partial charge in [-0.05, 0) is 67.4 Å². The summed E-state index contributed by atoms with van der Waals surface area (Å²) >= 11 is 1.47. The summed E-state index contributed by atoms with van der Waals surface area (Å²) in [5, 5.41) is 0.587. The lowest BCUT2D eigenvalue weighted by Gasteiger charge is -2.18. The Bertz CT molecular complexity index is 1100. The monoisotopic (exact) mass is 380 g/mol. The van der Waals surface area contributed by atoms with Gasteiger partial charge in [0.05, 0.1) is 23.0 Å². The Labute approximate surface area is 159 Å². The zero-order valence-corrected chi connectivity index (χ0v) is 15.7. The van der Waals surface area contributed by atoms with E-state index < -0.39 is 0 Å². The fourth-order valence-electron chi connectivity index (χ4n) is 3.01. The molecular weight excluding hydrogens is 363 g/mol. The average molecular weight is 380 g/mol. The predicted octanol–water partition coefficient (Wildman–Crippen LogP) is 5.49. The van der Waals surface area contributed by atoms with Crippen LogP contribution in [0.25, 0.3) is 10.2 Å². The van der Waals surface area contributed by atoms with Gasteiger partial charge in [-0.2, -0.15) is 0 Å². The number of furan rings is 1. The lowest BCUT2D eigenvalue weighted by Crippen LogP contribution is -2.30. The van der Waals surface area contributed by atoms with Crippen molar-refractivity contribution in [3.63, 3.8) is 0 Å². The Hall–Kier alpha value is -2.99. The second kappa shape index (κ2) is 6.96. The van der Waals surface area contributed by atoms with Gasteiger partial charge in [-0.15, -0.1) is 0 Å². The second-order valence-corrected chi connectivity index (χ2v) is 7.38. The van der Waals surface area contributed by atoms with Crippen molar-refractivity contribution in [2.75, 3.05) is 4.90 Å². The number of rotatable bonds is 4. The van der Waals surface area contributed by atoms with Crippen molar-refractivity contribution in [1.82, 2.24) is 4.98 Å². The first-order valence-corrected chi connectivity index (χ1v) is 9.30. The minimum atomic E-state index is -0.379. The molecule has 0 saturated carbocycles. The van der Waals surface area contributed by atoms with Gasteiger partial charge in [0, 0.05) is 5.56 Å². The Balaban J connectivity index is 1.79. The zero-order chi connectivity index (χ0) is 19.0. The number of benzene rings is 2. The van der Waals surface area contributed by atoms with E-state index in [-0.39, 0.29) is 18.3 Å². The number of carbonyl (C=O) groups is 1. The van der Waals surface area contributed by atoms with Crippen molar-refractivity contribution in [3.8, 4) is 0 Å². The molecule has 0 aliphatic rings.